The van der Waals surface area contributed by atoms with E-state index in [1.165, 1.54) is 0 Å². The molecule has 3 aliphatic heterocycles. The van der Waals surface area contributed by atoms with E-state index >= 15 is 0 Å². The Labute approximate surface area is 390 Å². The van der Waals surface area contributed by atoms with Crippen molar-refractivity contribution in [1.82, 2.24) is 40.4 Å². The fraction of sp³-hybridized carbons (Fsp3) is 0.551. The highest BCUT2D eigenvalue weighted by Crippen LogP contribution is 2.36. The minimum Gasteiger partial charge on any atom is -0.350 e. The van der Waals surface area contributed by atoms with Crippen LogP contribution in [0, 0.1) is 12.3 Å². The quantitative estimate of drug-likeness (QED) is 0.0877. The van der Waals surface area contributed by atoms with Gasteiger partial charge < -0.3 is 30.7 Å². The third-order valence-corrected chi connectivity index (χ3v) is 14.0. The number of anilines is 3. The molecule has 354 valence electrons. The molecule has 0 spiro atoms. The molecule has 1 aromatic carbocycles. The number of likely N-dealkylation sites (tertiary alicyclic amines) is 2. The number of piperidine rings is 1. The van der Waals surface area contributed by atoms with Crippen molar-refractivity contribution < 1.29 is 28.0 Å². The lowest BCUT2D eigenvalue weighted by atomic mass is 9.85. The van der Waals surface area contributed by atoms with E-state index in [1.807, 2.05) is 81.4 Å². The molecular weight excluding hydrogens is 863 g/mol. The van der Waals surface area contributed by atoms with E-state index in [4.69, 9.17) is 0 Å². The monoisotopic (exact) mass is 926 g/mol. The number of hydrogen-bond acceptors (Lipinski definition) is 11. The number of unbranched alkanes of at least 4 members (excludes halogenated alkanes) is 3. The lowest BCUT2D eigenvalue weighted by molar-refractivity contribution is -0.144. The van der Waals surface area contributed by atoms with E-state index in [1.54, 1.807) is 39.7 Å². The average molecular weight is 927 g/mol. The van der Waals surface area contributed by atoms with E-state index in [-0.39, 0.29) is 61.5 Å². The van der Waals surface area contributed by atoms with Gasteiger partial charge in [-0.3, -0.25) is 24.2 Å². The second-order valence-electron chi connectivity index (χ2n) is 19.1. The van der Waals surface area contributed by atoms with Gasteiger partial charge in [0.2, 0.25) is 23.6 Å². The van der Waals surface area contributed by atoms with Crippen molar-refractivity contribution in [3.05, 3.63) is 77.3 Å². The molecule has 3 atom stereocenters. The number of hydrogen-bond donors (Lipinski definition) is 3. The maximum atomic E-state index is 14.2. The smallest absolute Gasteiger partial charge is 0.266 e. The maximum absolute atomic E-state index is 14.2. The van der Waals surface area contributed by atoms with Gasteiger partial charge in [0.05, 0.1) is 34.9 Å². The Morgan fingerprint density at radius 3 is 2.29 bits per heavy atom. The zero-order valence-corrected chi connectivity index (χ0v) is 39.6. The highest BCUT2D eigenvalue weighted by molar-refractivity contribution is 7.13. The molecule has 6 heterocycles. The standard InChI is InChI=1S/C49H64F2N10O4S/c1-32(34-14-16-36(17-15-34)44-33(2)54-31-66-44)55-46(64)38-11-10-23-61(38)47(65)45(48(3,4)5)58-42(62)12-8-6-7-9-13-43(63)59-24-18-35(19-25-59)37-27-39(56-40-29-52-21-22-53-40)57-41(28-37)60-26-20-49(50,51)30-60/h14-17,21-22,27-29,31-32,35,38,45H,6-13,18-20,23-26,30H2,1-5H3,(H,55,64)(H,58,62)(H,53,56,57)/t32-,38-,45+/m0/s1. The number of benzene rings is 1. The van der Waals surface area contributed by atoms with Gasteiger partial charge in [-0.15, -0.1) is 11.3 Å². The molecule has 4 aromatic rings. The number of aromatic nitrogens is 4. The summed E-state index contributed by atoms with van der Waals surface area (Å²) in [5, 5.41) is 9.31. The highest BCUT2D eigenvalue weighted by Gasteiger charge is 2.42. The number of thiazole rings is 1. The van der Waals surface area contributed by atoms with Crippen LogP contribution in [-0.4, -0.2) is 104 Å². The van der Waals surface area contributed by atoms with Crippen molar-refractivity contribution in [2.24, 2.45) is 5.41 Å². The van der Waals surface area contributed by atoms with E-state index in [2.05, 4.69) is 35.9 Å². The van der Waals surface area contributed by atoms with Crippen LogP contribution in [0.4, 0.5) is 26.2 Å². The molecule has 0 saturated carbocycles. The first-order chi connectivity index (χ1) is 31.5. The van der Waals surface area contributed by atoms with Gasteiger partial charge in [0.25, 0.3) is 5.92 Å². The van der Waals surface area contributed by atoms with Crippen LogP contribution in [-0.2, 0) is 19.2 Å². The van der Waals surface area contributed by atoms with Crippen LogP contribution in [0.2, 0.25) is 0 Å². The van der Waals surface area contributed by atoms with E-state index in [0.29, 0.717) is 69.2 Å². The summed E-state index contributed by atoms with van der Waals surface area (Å²) in [5.74, 6) is -1.64. The summed E-state index contributed by atoms with van der Waals surface area (Å²) in [6.45, 7) is 11.2. The maximum Gasteiger partial charge on any atom is 0.266 e. The Hall–Kier alpha value is -5.58. The van der Waals surface area contributed by atoms with Crippen molar-refractivity contribution in [2.75, 3.05) is 42.9 Å². The number of nitrogens with one attached hydrogen (secondary N) is 3. The second-order valence-corrected chi connectivity index (χ2v) is 20.0. The van der Waals surface area contributed by atoms with E-state index in [9.17, 15) is 28.0 Å². The van der Waals surface area contributed by atoms with Crippen molar-refractivity contribution in [3.63, 3.8) is 0 Å². The number of pyridine rings is 1. The number of amides is 4. The van der Waals surface area contributed by atoms with E-state index in [0.717, 1.165) is 52.9 Å². The van der Waals surface area contributed by atoms with Crippen LogP contribution in [0.5, 0.6) is 0 Å². The van der Waals surface area contributed by atoms with Crippen LogP contribution in [0.1, 0.15) is 127 Å². The third-order valence-electron chi connectivity index (χ3n) is 13.0. The Morgan fingerprint density at radius 1 is 0.894 bits per heavy atom. The van der Waals surface area contributed by atoms with Crippen molar-refractivity contribution in [2.45, 2.75) is 135 Å². The van der Waals surface area contributed by atoms with Crippen molar-refractivity contribution in [3.8, 4) is 10.4 Å². The number of halogens is 2. The third kappa shape index (κ3) is 12.4. The molecule has 14 nitrogen and oxygen atoms in total. The first kappa shape index (κ1) is 48.4. The summed E-state index contributed by atoms with van der Waals surface area (Å²) in [4.78, 5) is 77.9. The zero-order chi connectivity index (χ0) is 47.0. The van der Waals surface area contributed by atoms with Crippen LogP contribution in [0.15, 0.2) is 60.5 Å². The zero-order valence-electron chi connectivity index (χ0n) is 38.8. The molecular formula is C49H64F2N10O4S. The number of nitrogens with zero attached hydrogens (tertiary/aromatic N) is 7. The van der Waals surface area contributed by atoms with Gasteiger partial charge in [0, 0.05) is 57.8 Å². The minimum atomic E-state index is -2.76. The number of carbonyl (C=O) groups excluding carboxylic acids is 4. The first-order valence-corrected chi connectivity index (χ1v) is 24.3. The minimum absolute atomic E-state index is 0.109. The average Bonchev–Trinajstić information content (AvgIpc) is 4.06. The lowest BCUT2D eigenvalue weighted by Crippen LogP contribution is -2.57. The summed E-state index contributed by atoms with van der Waals surface area (Å²) in [7, 11) is 0. The SMILES string of the molecule is Cc1ncsc1-c1ccc([C@H](C)NC(=O)[C@@H]2CCCN2C(=O)[C@@H](NC(=O)CCCCCCC(=O)N2CCC(c3cc(Nc4cnccn4)nc(N4CCC(F)(F)C4)c3)CC2)C(C)(C)C)cc1. The summed E-state index contributed by atoms with van der Waals surface area (Å²) < 4.78 is 28.3. The molecule has 3 aliphatic rings. The number of alkyl halides is 2. The van der Waals surface area contributed by atoms with Gasteiger partial charge in [-0.05, 0) is 92.5 Å². The Bertz CT molecular complexity index is 2300. The van der Waals surface area contributed by atoms with Crippen molar-refractivity contribution >= 4 is 52.4 Å². The number of aryl methyl sites for hydroxylation is 1. The molecule has 0 radical (unpaired) electrons. The van der Waals surface area contributed by atoms with Gasteiger partial charge in [-0.2, -0.15) is 0 Å². The first-order valence-electron chi connectivity index (χ1n) is 23.4. The molecule has 3 N–H and O–H groups in total. The molecule has 0 bridgehead atoms. The summed E-state index contributed by atoms with van der Waals surface area (Å²) in [6.07, 6.45) is 10.9. The summed E-state index contributed by atoms with van der Waals surface area (Å²) >= 11 is 1.60. The lowest BCUT2D eigenvalue weighted by Gasteiger charge is -2.35. The predicted molar refractivity (Wildman–Crippen MR) is 253 cm³/mol. The number of carbonyl (C=O) groups is 4. The summed E-state index contributed by atoms with van der Waals surface area (Å²) in [5.41, 5.74) is 5.28. The van der Waals surface area contributed by atoms with Gasteiger partial charge in [-0.1, -0.05) is 57.9 Å². The molecule has 4 amide bonds. The van der Waals surface area contributed by atoms with Crippen LogP contribution < -0.4 is 20.9 Å². The van der Waals surface area contributed by atoms with Gasteiger partial charge in [0.1, 0.15) is 29.5 Å². The predicted octanol–water partition coefficient (Wildman–Crippen LogP) is 8.34. The molecule has 17 heteroatoms. The topological polar surface area (TPSA) is 166 Å². The second kappa shape index (κ2) is 21.4. The number of rotatable bonds is 17. The van der Waals surface area contributed by atoms with Gasteiger partial charge in [0.15, 0.2) is 0 Å². The fourth-order valence-electron chi connectivity index (χ4n) is 9.21. The summed E-state index contributed by atoms with van der Waals surface area (Å²) in [6, 6.07) is 10.3. The molecule has 3 aromatic heterocycles. The van der Waals surface area contributed by atoms with Gasteiger partial charge in [-0.25, -0.2) is 23.7 Å². The van der Waals surface area contributed by atoms with Crippen LogP contribution >= 0.6 is 11.3 Å². The molecule has 3 fully saturated rings. The molecule has 3 saturated heterocycles. The fourth-order valence-corrected chi connectivity index (χ4v) is 10.0. The molecule has 66 heavy (non-hydrogen) atoms. The Morgan fingerprint density at radius 2 is 1.64 bits per heavy atom. The Kier molecular flexibility index (Phi) is 15.7. The molecule has 0 unspecified atom stereocenters. The van der Waals surface area contributed by atoms with E-state index < -0.39 is 23.4 Å². The Balaban J connectivity index is 0.829. The molecule has 0 aliphatic carbocycles. The van der Waals surface area contributed by atoms with Crippen LogP contribution in [0.25, 0.3) is 10.4 Å². The molecule has 7 rings (SSSR count). The van der Waals surface area contributed by atoms with Crippen molar-refractivity contribution in [1.29, 1.82) is 0 Å². The highest BCUT2D eigenvalue weighted by atomic mass is 32.1. The van der Waals surface area contributed by atoms with Crippen LogP contribution in [0.3, 0.4) is 0 Å². The largest absolute Gasteiger partial charge is 0.350 e. The normalized spacial score (nSPS) is 18.5. The van der Waals surface area contributed by atoms with Gasteiger partial charge >= 0.3 is 0 Å².